The number of anilines is 13. The van der Waals surface area contributed by atoms with E-state index < -0.39 is 0 Å². The summed E-state index contributed by atoms with van der Waals surface area (Å²) in [5, 5.41) is 29.9. The number of rotatable bonds is 20. The fourth-order valence-corrected chi connectivity index (χ4v) is 9.42. The molecule has 0 aliphatic rings. The van der Waals surface area contributed by atoms with Gasteiger partial charge in [0.25, 0.3) is 0 Å². The second kappa shape index (κ2) is 32.1. The van der Waals surface area contributed by atoms with Gasteiger partial charge in [0.15, 0.2) is 34.8 Å². The first-order valence-corrected chi connectivity index (χ1v) is 30.5. The van der Waals surface area contributed by atoms with Gasteiger partial charge in [0.05, 0.1) is 21.3 Å². The first kappa shape index (κ1) is 66.3. The Morgan fingerprint density at radius 3 is 1.15 bits per heavy atom. The number of nitrogen functional groups attached to an aromatic ring is 4. The van der Waals surface area contributed by atoms with Crippen molar-refractivity contribution in [1.82, 2.24) is 79.0 Å². The number of hydrogen-bond acceptors (Lipinski definition) is 25. The lowest BCUT2D eigenvalue weighted by molar-refractivity contribution is 0.306. The summed E-state index contributed by atoms with van der Waals surface area (Å²) in [6.07, 6.45) is 6.70. The average Bonchev–Trinajstić information content (AvgIpc) is 1.67. The second-order valence-electron chi connectivity index (χ2n) is 21.2. The van der Waals surface area contributed by atoms with Crippen molar-refractivity contribution in [2.24, 2.45) is 0 Å². The van der Waals surface area contributed by atoms with Gasteiger partial charge in [-0.3, -0.25) is 0 Å². The van der Waals surface area contributed by atoms with E-state index in [1.54, 1.807) is 64.3 Å². The molecule has 0 unspecified atom stereocenters. The van der Waals surface area contributed by atoms with Crippen LogP contribution < -0.4 is 68.0 Å². The molecule has 0 saturated heterocycles. The molecule has 0 fully saturated rings. The highest BCUT2D eigenvalue weighted by Gasteiger charge is 2.18. The molecule has 0 spiro atoms. The molecule has 12 N–H and O–H groups in total. The van der Waals surface area contributed by atoms with Crippen LogP contribution in [0.2, 0.25) is 0 Å². The molecule has 498 valence electrons. The Hall–Kier alpha value is -14.1. The second-order valence-corrected chi connectivity index (χ2v) is 21.2. The predicted molar refractivity (Wildman–Crippen MR) is 383 cm³/mol. The van der Waals surface area contributed by atoms with Gasteiger partial charge in [-0.2, -0.15) is 38.7 Å². The van der Waals surface area contributed by atoms with Crippen LogP contribution in [-0.4, -0.2) is 114 Å². The summed E-state index contributed by atoms with van der Waals surface area (Å²) in [4.78, 5) is 35.8. The molecule has 29 nitrogen and oxygen atoms in total. The van der Waals surface area contributed by atoms with Crippen molar-refractivity contribution < 1.29 is 18.9 Å². The molecule has 6 aromatic carbocycles. The lowest BCUT2D eigenvalue weighted by Gasteiger charge is -2.14. The van der Waals surface area contributed by atoms with E-state index in [4.69, 9.17) is 41.9 Å². The zero-order chi connectivity index (χ0) is 68.9. The number of nitrogens with zero attached hydrogens (tertiary/aromatic N) is 17. The molecule has 0 aliphatic carbocycles. The molecule has 0 bridgehead atoms. The van der Waals surface area contributed by atoms with Crippen molar-refractivity contribution in [3.63, 3.8) is 0 Å². The van der Waals surface area contributed by atoms with Crippen molar-refractivity contribution in [1.29, 1.82) is 0 Å². The Morgan fingerprint density at radius 2 is 0.747 bits per heavy atom. The Bertz CT molecular complexity index is 4810. The third-order valence-corrected chi connectivity index (χ3v) is 14.1. The number of benzene rings is 6. The van der Waals surface area contributed by atoms with E-state index in [1.807, 2.05) is 201 Å². The number of nitrogens with one attached hydrogen (secondary N) is 4. The number of pyridine rings is 4. The van der Waals surface area contributed by atoms with Crippen LogP contribution in [0.15, 0.2) is 243 Å². The Balaban J connectivity index is 0.000000134. The molecule has 14 rings (SSSR count). The summed E-state index contributed by atoms with van der Waals surface area (Å²) >= 11 is 0. The topological polar surface area (TPSA) is 367 Å². The number of hydrogen-bond donors (Lipinski definition) is 8. The van der Waals surface area contributed by atoms with Crippen LogP contribution >= 0.6 is 0 Å². The monoisotopic (exact) mass is 1320 g/mol. The minimum Gasteiger partial charge on any atom is -0.493 e. The van der Waals surface area contributed by atoms with E-state index in [0.717, 1.165) is 45.2 Å². The highest BCUT2D eigenvalue weighted by atomic mass is 16.5. The maximum absolute atomic E-state index is 5.96. The van der Waals surface area contributed by atoms with Crippen molar-refractivity contribution in [3.8, 4) is 57.4 Å². The highest BCUT2D eigenvalue weighted by Crippen LogP contribution is 2.40. The van der Waals surface area contributed by atoms with Gasteiger partial charge >= 0.3 is 0 Å². The van der Waals surface area contributed by atoms with Crippen molar-refractivity contribution in [2.75, 3.05) is 84.5 Å². The van der Waals surface area contributed by atoms with Gasteiger partial charge in [0.2, 0.25) is 53.3 Å². The lowest BCUT2D eigenvalue weighted by Crippen LogP contribution is -2.08. The van der Waals surface area contributed by atoms with E-state index in [-0.39, 0.29) is 23.8 Å². The molecular weight excluding hydrogens is 1250 g/mol. The Kier molecular flexibility index (Phi) is 21.5. The van der Waals surface area contributed by atoms with E-state index in [0.29, 0.717) is 76.6 Å². The van der Waals surface area contributed by atoms with Crippen LogP contribution in [0.4, 0.5) is 76.0 Å². The van der Waals surface area contributed by atoms with Crippen LogP contribution in [0.1, 0.15) is 5.56 Å². The Labute approximate surface area is 568 Å². The van der Waals surface area contributed by atoms with Gasteiger partial charge in [-0.1, -0.05) is 103 Å². The molecule has 29 heteroatoms. The molecule has 14 aromatic rings. The quantitative estimate of drug-likeness (QED) is 0.0351. The molecule has 0 amide bonds. The average molecular weight is 1320 g/mol. The van der Waals surface area contributed by atoms with E-state index >= 15 is 0 Å². The molecule has 0 saturated carbocycles. The third kappa shape index (κ3) is 17.6. The SMILES string of the molecule is CN(C)c1ccc(Nc2nc(N)n(-c3ccccn3)n2)cc1.COc1cc(Nc2nc(N)n(-c3ccccn3)n2)cc(OC)c1OC.Nc1nc(Nc2cccc(-c3ccccc3)c2)nn1-c1ccccn1.Nc1nc(Nc2cccc(OCc3ccccc3)c2)nn1-c1ccccn1. The first-order valence-electron chi connectivity index (χ1n) is 30.5. The molecule has 99 heavy (non-hydrogen) atoms. The van der Waals surface area contributed by atoms with Crippen molar-refractivity contribution >= 4 is 76.0 Å². The summed E-state index contributed by atoms with van der Waals surface area (Å²) in [5.74, 6) is 7.31. The van der Waals surface area contributed by atoms with E-state index in [1.165, 1.54) is 18.7 Å². The molecule has 8 heterocycles. The zero-order valence-electron chi connectivity index (χ0n) is 54.3. The van der Waals surface area contributed by atoms with Crippen LogP contribution in [-0.2, 0) is 6.61 Å². The van der Waals surface area contributed by atoms with Crippen LogP contribution in [0.25, 0.3) is 34.4 Å². The molecule has 0 radical (unpaired) electrons. The maximum Gasteiger partial charge on any atom is 0.248 e. The molecule has 0 atom stereocenters. The molecule has 0 aliphatic heterocycles. The van der Waals surface area contributed by atoms with Crippen molar-refractivity contribution in [2.45, 2.75) is 6.61 Å². The summed E-state index contributed by atoms with van der Waals surface area (Å²) in [6, 6.07) is 69.4. The smallest absolute Gasteiger partial charge is 0.248 e. The van der Waals surface area contributed by atoms with Crippen LogP contribution in [0.3, 0.4) is 0 Å². The number of aromatic nitrogens is 16. The molecule has 8 aromatic heterocycles. The minimum absolute atomic E-state index is 0.216. The normalized spacial score (nSPS) is 10.5. The largest absolute Gasteiger partial charge is 0.493 e. The number of nitrogens with two attached hydrogens (primary N) is 4. The van der Waals surface area contributed by atoms with Crippen molar-refractivity contribution in [3.05, 3.63) is 249 Å². The molecular formula is C70H69N25O4. The summed E-state index contributed by atoms with van der Waals surface area (Å²) in [5.41, 5.74) is 31.5. The third-order valence-electron chi connectivity index (χ3n) is 14.1. The van der Waals surface area contributed by atoms with Crippen LogP contribution in [0, 0.1) is 0 Å². The van der Waals surface area contributed by atoms with Gasteiger partial charge in [-0.05, 0) is 114 Å². The van der Waals surface area contributed by atoms with Gasteiger partial charge in [0.1, 0.15) is 12.4 Å². The summed E-state index contributed by atoms with van der Waals surface area (Å²) in [7, 11) is 8.64. The fourth-order valence-electron chi connectivity index (χ4n) is 9.42. The number of methoxy groups -OCH3 is 3. The van der Waals surface area contributed by atoms with E-state index in [9.17, 15) is 0 Å². The lowest BCUT2D eigenvalue weighted by atomic mass is 10.1. The summed E-state index contributed by atoms with van der Waals surface area (Å²) in [6.45, 7) is 0.504. The fraction of sp³-hybridized carbons (Fsp3) is 0.0857. The Morgan fingerprint density at radius 1 is 0.364 bits per heavy atom. The van der Waals surface area contributed by atoms with Gasteiger partial charge < -0.3 is 68.0 Å². The van der Waals surface area contributed by atoms with E-state index in [2.05, 4.69) is 99.7 Å². The van der Waals surface area contributed by atoms with Gasteiger partial charge in [-0.15, -0.1) is 20.4 Å². The minimum atomic E-state index is 0.216. The van der Waals surface area contributed by atoms with Gasteiger partial charge in [0, 0.05) is 85.5 Å². The number of ether oxygens (including phenoxy) is 4. The predicted octanol–water partition coefficient (Wildman–Crippen LogP) is 11.3. The maximum atomic E-state index is 5.96. The van der Waals surface area contributed by atoms with Gasteiger partial charge in [-0.25, -0.2) is 19.9 Å². The summed E-state index contributed by atoms with van der Waals surface area (Å²) < 4.78 is 27.7. The van der Waals surface area contributed by atoms with Crippen LogP contribution in [0.5, 0.6) is 23.0 Å². The highest BCUT2D eigenvalue weighted by molar-refractivity contribution is 5.70. The standard InChI is InChI=1S/C20H18N6O.C19H16N6.C16H18N6O3.C15H17N7/c21-19-24-20(25-26(19)18-11-4-5-12-22-18)23-16-9-6-10-17(13-16)27-14-15-7-2-1-3-8-15;20-18-23-19(24-25(18)17-11-4-5-12-21-17)22-16-10-6-9-15(13-16)14-7-2-1-3-8-14;1-23-11-8-10(9-12(24-2)14(11)25-3)19-16-20-15(17)22(21-16)13-6-4-5-7-18-13;1-21(2)12-8-6-11(7-9-12)18-15-19-14(16)22(20-15)13-5-3-4-10-17-13/h1-13H,14H2,(H3,21,23,24,25);1-13H,(H3,20,22,23,24);4-9H,1-3H3,(H3,17,19,20,21);3-10H,1-2H3,(H3,16,18,19,20). The zero-order valence-corrected chi connectivity index (χ0v) is 54.3. The first-order chi connectivity index (χ1) is 48.4.